The maximum Gasteiger partial charge on any atom is 0.143 e. The molecule has 1 atom stereocenters. The van der Waals surface area contributed by atoms with Gasteiger partial charge in [0.15, 0.2) is 0 Å². The molecule has 1 unspecified atom stereocenters. The minimum atomic E-state index is -0.0272. The molecule has 3 rings (SSSR count). The summed E-state index contributed by atoms with van der Waals surface area (Å²) in [7, 11) is 0. The number of nitrogens with zero attached hydrogens (tertiary/aromatic N) is 4. The Labute approximate surface area is 123 Å². The minimum Gasteiger partial charge on any atom is -0.378 e. The van der Waals surface area contributed by atoms with Crippen LogP contribution in [0.15, 0.2) is 16.9 Å². The van der Waals surface area contributed by atoms with Gasteiger partial charge < -0.3 is 9.26 Å². The van der Waals surface area contributed by atoms with E-state index in [1.807, 2.05) is 6.07 Å². The fourth-order valence-corrected chi connectivity index (χ4v) is 2.40. The number of hydrogen-bond donors (Lipinski definition) is 1. The van der Waals surface area contributed by atoms with E-state index in [9.17, 15) is 0 Å². The van der Waals surface area contributed by atoms with Crippen LogP contribution in [-0.4, -0.2) is 45.0 Å². The van der Waals surface area contributed by atoms with Crippen LogP contribution in [0.5, 0.6) is 0 Å². The second-order valence-electron chi connectivity index (χ2n) is 6.36. The number of morpholine rings is 1. The monoisotopic (exact) mass is 291 g/mol. The van der Waals surface area contributed by atoms with Crippen molar-refractivity contribution in [2.45, 2.75) is 38.8 Å². The van der Waals surface area contributed by atoms with Crippen molar-refractivity contribution in [2.75, 3.05) is 19.8 Å². The van der Waals surface area contributed by atoms with Gasteiger partial charge in [0.25, 0.3) is 0 Å². The molecule has 7 heteroatoms. The summed E-state index contributed by atoms with van der Waals surface area (Å²) >= 11 is 0. The van der Waals surface area contributed by atoms with E-state index in [1.54, 1.807) is 0 Å². The summed E-state index contributed by atoms with van der Waals surface area (Å²) in [5.41, 5.74) is 0.909. The van der Waals surface area contributed by atoms with Gasteiger partial charge in [-0.05, 0) is 0 Å². The number of nitrogens with one attached hydrogen (secondary N) is 1. The Morgan fingerprint density at radius 1 is 1.43 bits per heavy atom. The molecule has 0 aliphatic carbocycles. The van der Waals surface area contributed by atoms with Gasteiger partial charge >= 0.3 is 0 Å². The molecular weight excluding hydrogens is 270 g/mol. The minimum absolute atomic E-state index is 0.0272. The molecule has 1 fully saturated rings. The third-order valence-corrected chi connectivity index (χ3v) is 3.65. The number of H-pyrrole nitrogens is 1. The summed E-state index contributed by atoms with van der Waals surface area (Å²) in [5, 5.41) is 11.0. The molecule has 1 N–H and O–H groups in total. The zero-order chi connectivity index (χ0) is 14.9. The molecule has 114 valence electrons. The Morgan fingerprint density at radius 3 is 2.95 bits per heavy atom. The van der Waals surface area contributed by atoms with E-state index >= 15 is 0 Å². The summed E-state index contributed by atoms with van der Waals surface area (Å²) in [5.74, 6) is 1.73. The van der Waals surface area contributed by atoms with Gasteiger partial charge in [0.05, 0.1) is 24.9 Å². The third-order valence-electron chi connectivity index (χ3n) is 3.65. The molecule has 0 saturated carbocycles. The van der Waals surface area contributed by atoms with Crippen molar-refractivity contribution in [3.63, 3.8) is 0 Å². The number of rotatable bonds is 3. The highest BCUT2D eigenvalue weighted by atomic mass is 16.5. The maximum atomic E-state index is 5.56. The van der Waals surface area contributed by atoms with Crippen LogP contribution in [0.4, 0.5) is 0 Å². The number of ether oxygens (including phenoxy) is 1. The molecule has 1 saturated heterocycles. The molecule has 1 aliphatic heterocycles. The van der Waals surface area contributed by atoms with E-state index in [2.05, 4.69) is 46.0 Å². The van der Waals surface area contributed by atoms with Gasteiger partial charge in [-0.2, -0.15) is 5.10 Å². The van der Waals surface area contributed by atoms with Gasteiger partial charge in [-0.3, -0.25) is 10.00 Å². The summed E-state index contributed by atoms with van der Waals surface area (Å²) in [6.45, 7) is 9.22. The van der Waals surface area contributed by atoms with E-state index < -0.39 is 0 Å². The van der Waals surface area contributed by atoms with E-state index in [4.69, 9.17) is 9.26 Å². The lowest BCUT2D eigenvalue weighted by molar-refractivity contribution is -0.0167. The van der Waals surface area contributed by atoms with Crippen LogP contribution in [0.25, 0.3) is 0 Å². The van der Waals surface area contributed by atoms with E-state index in [1.165, 1.54) is 6.33 Å². The predicted octanol–water partition coefficient (Wildman–Crippen LogP) is 1.66. The normalized spacial score (nSPS) is 20.8. The molecule has 0 aromatic carbocycles. The van der Waals surface area contributed by atoms with Crippen LogP contribution >= 0.6 is 0 Å². The van der Waals surface area contributed by atoms with Gasteiger partial charge in [0.2, 0.25) is 0 Å². The molecule has 0 radical (unpaired) electrons. The van der Waals surface area contributed by atoms with Gasteiger partial charge in [-0.25, -0.2) is 4.98 Å². The fraction of sp³-hybridized carbons (Fsp3) is 0.643. The summed E-state index contributed by atoms with van der Waals surface area (Å²) in [6.07, 6.45) is 1.52. The first-order chi connectivity index (χ1) is 10.0. The largest absolute Gasteiger partial charge is 0.378 e. The summed E-state index contributed by atoms with van der Waals surface area (Å²) < 4.78 is 11.0. The molecule has 0 amide bonds. The lowest BCUT2D eigenvalue weighted by Gasteiger charge is -2.33. The van der Waals surface area contributed by atoms with Crippen LogP contribution in [0.2, 0.25) is 0 Å². The molecule has 0 bridgehead atoms. The van der Waals surface area contributed by atoms with Crippen molar-refractivity contribution in [2.24, 2.45) is 0 Å². The van der Waals surface area contributed by atoms with Gasteiger partial charge in [-0.15, -0.1) is 0 Å². The standard InChI is InChI=1S/C14H21N5O2/c1-14(2,3)12-6-10(18-21-12)7-19-4-5-20-8-11(19)13-15-9-16-17-13/h6,9,11H,4-5,7-8H2,1-3H3,(H,15,16,17). The van der Waals surface area contributed by atoms with Crippen LogP contribution in [0.3, 0.4) is 0 Å². The van der Waals surface area contributed by atoms with Crippen LogP contribution in [0.1, 0.15) is 44.1 Å². The first kappa shape index (κ1) is 14.2. The molecular formula is C14H21N5O2. The molecule has 7 nitrogen and oxygen atoms in total. The SMILES string of the molecule is CC(C)(C)c1cc(CN2CCOCC2c2ncn[nH]2)no1. The van der Waals surface area contributed by atoms with Crippen molar-refractivity contribution in [1.29, 1.82) is 0 Å². The van der Waals surface area contributed by atoms with Crippen LogP contribution in [-0.2, 0) is 16.7 Å². The van der Waals surface area contributed by atoms with E-state index in [-0.39, 0.29) is 11.5 Å². The highest BCUT2D eigenvalue weighted by molar-refractivity contribution is 5.13. The van der Waals surface area contributed by atoms with Crippen LogP contribution < -0.4 is 0 Å². The maximum absolute atomic E-state index is 5.56. The van der Waals surface area contributed by atoms with Crippen molar-refractivity contribution < 1.29 is 9.26 Å². The fourth-order valence-electron chi connectivity index (χ4n) is 2.40. The van der Waals surface area contributed by atoms with Gasteiger partial charge in [-0.1, -0.05) is 25.9 Å². The Morgan fingerprint density at radius 2 is 2.29 bits per heavy atom. The molecule has 0 spiro atoms. The Hall–Kier alpha value is -1.73. The topological polar surface area (TPSA) is 80.1 Å². The van der Waals surface area contributed by atoms with E-state index in [0.717, 1.165) is 23.8 Å². The van der Waals surface area contributed by atoms with Crippen molar-refractivity contribution >= 4 is 0 Å². The van der Waals surface area contributed by atoms with Crippen molar-refractivity contribution in [3.05, 3.63) is 29.7 Å². The average Bonchev–Trinajstić information content (AvgIpc) is 3.09. The van der Waals surface area contributed by atoms with Gasteiger partial charge in [0, 0.05) is 24.6 Å². The first-order valence-corrected chi connectivity index (χ1v) is 7.17. The summed E-state index contributed by atoms with van der Waals surface area (Å²) in [4.78, 5) is 6.53. The number of aromatic nitrogens is 4. The molecule has 2 aromatic heterocycles. The van der Waals surface area contributed by atoms with Crippen molar-refractivity contribution in [3.8, 4) is 0 Å². The van der Waals surface area contributed by atoms with Crippen LogP contribution in [0, 0.1) is 0 Å². The predicted molar refractivity (Wildman–Crippen MR) is 75.6 cm³/mol. The zero-order valence-corrected chi connectivity index (χ0v) is 12.7. The highest BCUT2D eigenvalue weighted by Crippen LogP contribution is 2.26. The molecule has 21 heavy (non-hydrogen) atoms. The Bertz CT molecular complexity index is 572. The Kier molecular flexibility index (Phi) is 3.77. The average molecular weight is 291 g/mol. The van der Waals surface area contributed by atoms with Crippen molar-refractivity contribution in [1.82, 2.24) is 25.2 Å². The lowest BCUT2D eigenvalue weighted by atomic mass is 9.93. The van der Waals surface area contributed by atoms with Gasteiger partial charge in [0.1, 0.15) is 17.9 Å². The molecule has 1 aliphatic rings. The summed E-state index contributed by atoms with van der Waals surface area (Å²) in [6, 6.07) is 2.11. The number of hydrogen-bond acceptors (Lipinski definition) is 6. The molecule has 3 heterocycles. The first-order valence-electron chi connectivity index (χ1n) is 7.17. The second-order valence-corrected chi connectivity index (χ2v) is 6.36. The van der Waals surface area contributed by atoms with E-state index in [0.29, 0.717) is 19.8 Å². The highest BCUT2D eigenvalue weighted by Gasteiger charge is 2.28. The Balaban J connectivity index is 1.74. The zero-order valence-electron chi connectivity index (χ0n) is 12.7. The second kappa shape index (κ2) is 5.57. The quantitative estimate of drug-likeness (QED) is 0.926. The lowest BCUT2D eigenvalue weighted by Crippen LogP contribution is -2.39. The smallest absolute Gasteiger partial charge is 0.143 e. The number of aromatic amines is 1. The third kappa shape index (κ3) is 3.14. The molecule has 2 aromatic rings.